The van der Waals surface area contributed by atoms with Gasteiger partial charge in [-0.2, -0.15) is 0 Å². The number of halogens is 3. The molecule has 2 N–H and O–H groups in total. The Bertz CT molecular complexity index is 1870. The van der Waals surface area contributed by atoms with Crippen LogP contribution in [0.4, 0.5) is 4.39 Å². The minimum atomic E-state index is -0.420. The average molecular weight is 705 g/mol. The minimum absolute atomic E-state index is 0.126. The van der Waals surface area contributed by atoms with Crippen molar-refractivity contribution in [3.05, 3.63) is 87.7 Å². The Kier molecular flexibility index (Phi) is 11.2. The highest BCUT2D eigenvalue weighted by atomic mass is 35.5. The van der Waals surface area contributed by atoms with Crippen LogP contribution in [0.15, 0.2) is 60.7 Å². The fourth-order valence-electron chi connectivity index (χ4n) is 6.91. The summed E-state index contributed by atoms with van der Waals surface area (Å²) in [5, 5.41) is 7.20. The molecule has 10 heteroatoms. The highest BCUT2D eigenvalue weighted by Crippen LogP contribution is 2.43. The standard InChI is InChI=1S/C39H40Cl2FN3O4/c1-48-35-20-32(33(42)19-25(35)22-43-21-23-12-15-27(46)18-23)30-10-4-8-28(37(30)40)29-9-5-11-31(38(29)41)34-16-13-24(39(45-34)49-2)6-3-7-26-14-17-36(47)44-26/h4-5,8-11,13,16,19-20,23,26,43H,3,6-7,12,14-15,17-18,21-22H2,1-2H3,(H,44,47)/t23-,26-/m1/s1. The first kappa shape index (κ1) is 34.9. The van der Waals surface area contributed by atoms with Crippen molar-refractivity contribution in [2.45, 2.75) is 64.0 Å². The lowest BCUT2D eigenvalue weighted by Crippen LogP contribution is -2.25. The third kappa shape index (κ3) is 7.93. The Morgan fingerprint density at radius 2 is 1.59 bits per heavy atom. The van der Waals surface area contributed by atoms with Crippen molar-refractivity contribution in [3.63, 3.8) is 0 Å². The monoisotopic (exact) mass is 703 g/mol. The van der Waals surface area contributed by atoms with Gasteiger partial charge in [0.15, 0.2) is 0 Å². The normalized spacial score (nSPS) is 17.4. The number of benzene rings is 3. The Balaban J connectivity index is 1.23. The van der Waals surface area contributed by atoms with Crippen LogP contribution in [0.25, 0.3) is 33.5 Å². The van der Waals surface area contributed by atoms with E-state index >= 15 is 4.39 Å². The third-order valence-corrected chi connectivity index (χ3v) is 10.4. The summed E-state index contributed by atoms with van der Waals surface area (Å²) in [7, 11) is 3.17. The largest absolute Gasteiger partial charge is 0.496 e. The Morgan fingerprint density at radius 1 is 0.878 bits per heavy atom. The number of pyridine rings is 1. The highest BCUT2D eigenvalue weighted by molar-refractivity contribution is 6.39. The first-order valence-electron chi connectivity index (χ1n) is 16.8. The van der Waals surface area contributed by atoms with Gasteiger partial charge in [-0.15, -0.1) is 0 Å². The van der Waals surface area contributed by atoms with Gasteiger partial charge in [-0.3, -0.25) is 9.59 Å². The number of aromatic nitrogens is 1. The second kappa shape index (κ2) is 15.7. The zero-order chi connectivity index (χ0) is 34.5. The molecule has 2 atom stereocenters. The molecular formula is C39H40Cl2FN3O4. The van der Waals surface area contributed by atoms with Crippen LogP contribution in [0.2, 0.25) is 10.0 Å². The maximum atomic E-state index is 15.7. The van der Waals surface area contributed by atoms with Gasteiger partial charge in [-0.05, 0) is 62.8 Å². The molecule has 1 aliphatic carbocycles. The molecule has 7 nitrogen and oxygen atoms in total. The Morgan fingerprint density at radius 3 is 2.24 bits per heavy atom. The molecular weight excluding hydrogens is 664 g/mol. The Hall–Kier alpha value is -3.98. The van der Waals surface area contributed by atoms with E-state index in [1.54, 1.807) is 26.4 Å². The van der Waals surface area contributed by atoms with E-state index in [1.165, 1.54) is 6.07 Å². The lowest BCUT2D eigenvalue weighted by atomic mass is 9.95. The number of ketones is 1. The van der Waals surface area contributed by atoms with Gasteiger partial charge in [0.1, 0.15) is 17.3 Å². The first-order chi connectivity index (χ1) is 23.7. The molecule has 1 aromatic heterocycles. The molecule has 3 aromatic carbocycles. The second-order valence-corrected chi connectivity index (χ2v) is 13.6. The van der Waals surface area contributed by atoms with Gasteiger partial charge in [0, 0.05) is 70.8 Å². The van der Waals surface area contributed by atoms with E-state index in [2.05, 4.69) is 10.6 Å². The maximum Gasteiger partial charge on any atom is 0.220 e. The number of carbonyl (C=O) groups excluding carboxylic acids is 2. The van der Waals surface area contributed by atoms with Crippen LogP contribution >= 0.6 is 23.2 Å². The van der Waals surface area contributed by atoms with E-state index in [4.69, 9.17) is 37.7 Å². The molecule has 2 fully saturated rings. The van der Waals surface area contributed by atoms with Crippen LogP contribution in [0, 0.1) is 11.7 Å². The van der Waals surface area contributed by atoms with E-state index in [0.29, 0.717) is 105 Å². The fourth-order valence-corrected chi connectivity index (χ4v) is 7.56. The zero-order valence-electron chi connectivity index (χ0n) is 27.7. The number of nitrogens with one attached hydrogen (secondary N) is 2. The summed E-state index contributed by atoms with van der Waals surface area (Å²) in [6.45, 7) is 1.11. The van der Waals surface area contributed by atoms with Gasteiger partial charge in [0.2, 0.25) is 11.8 Å². The second-order valence-electron chi connectivity index (χ2n) is 12.8. The number of nitrogens with zero attached hydrogens (tertiary/aromatic N) is 1. The third-order valence-electron chi connectivity index (χ3n) is 9.54. The van der Waals surface area contributed by atoms with Gasteiger partial charge < -0.3 is 20.1 Å². The molecule has 0 bridgehead atoms. The van der Waals surface area contributed by atoms with Crippen molar-refractivity contribution in [1.82, 2.24) is 15.6 Å². The molecule has 1 aliphatic heterocycles. The van der Waals surface area contributed by atoms with Crippen LogP contribution in [-0.2, 0) is 22.6 Å². The number of rotatable bonds is 13. The molecule has 0 radical (unpaired) electrons. The number of Topliss-reactive ketones (excluding diaryl/α,β-unsaturated/α-hetero) is 1. The quantitative estimate of drug-likeness (QED) is 0.145. The smallest absolute Gasteiger partial charge is 0.220 e. The van der Waals surface area contributed by atoms with E-state index in [1.807, 2.05) is 42.5 Å². The van der Waals surface area contributed by atoms with Crippen molar-refractivity contribution in [1.29, 1.82) is 0 Å². The molecule has 2 heterocycles. The summed E-state index contributed by atoms with van der Waals surface area (Å²) in [4.78, 5) is 27.9. The van der Waals surface area contributed by atoms with Gasteiger partial charge in [0.25, 0.3) is 0 Å². The van der Waals surface area contributed by atoms with Gasteiger partial charge in [0.05, 0.1) is 30.0 Å². The van der Waals surface area contributed by atoms with Crippen LogP contribution in [0.5, 0.6) is 11.6 Å². The van der Waals surface area contributed by atoms with Crippen molar-refractivity contribution < 1.29 is 23.5 Å². The lowest BCUT2D eigenvalue weighted by Gasteiger charge is -2.17. The number of hydrogen-bond donors (Lipinski definition) is 2. The molecule has 2 aliphatic rings. The lowest BCUT2D eigenvalue weighted by molar-refractivity contribution is -0.119. The summed E-state index contributed by atoms with van der Waals surface area (Å²) in [6.07, 6.45) is 6.20. The molecule has 1 saturated heterocycles. The van der Waals surface area contributed by atoms with Crippen molar-refractivity contribution in [2.24, 2.45) is 5.92 Å². The SMILES string of the molecule is COc1cc(-c2cccc(-c3cccc(-c4ccc(CCC[C@@H]5CCC(=O)N5)c(OC)n4)c3Cl)c2Cl)c(F)cc1CNC[C@@H]1CCC(=O)C1. The zero-order valence-corrected chi connectivity index (χ0v) is 29.2. The average Bonchev–Trinajstić information content (AvgIpc) is 3.72. The van der Waals surface area contributed by atoms with Crippen molar-refractivity contribution in [2.75, 3.05) is 20.8 Å². The van der Waals surface area contributed by atoms with Crippen molar-refractivity contribution in [3.8, 4) is 45.1 Å². The van der Waals surface area contributed by atoms with E-state index in [0.717, 1.165) is 37.7 Å². The number of methoxy groups -OCH3 is 2. The molecule has 1 saturated carbocycles. The van der Waals surface area contributed by atoms with Gasteiger partial charge in [-0.25, -0.2) is 9.37 Å². The van der Waals surface area contributed by atoms with Gasteiger partial charge >= 0.3 is 0 Å². The fraction of sp³-hybridized carbons (Fsp3) is 0.359. The summed E-state index contributed by atoms with van der Waals surface area (Å²) < 4.78 is 27.1. The number of aryl methyl sites for hydroxylation is 1. The predicted molar refractivity (Wildman–Crippen MR) is 192 cm³/mol. The molecule has 6 rings (SSSR count). The number of amides is 1. The molecule has 0 spiro atoms. The minimum Gasteiger partial charge on any atom is -0.496 e. The van der Waals surface area contributed by atoms with Gasteiger partial charge in [-0.1, -0.05) is 65.7 Å². The first-order valence-corrected chi connectivity index (χ1v) is 17.5. The molecule has 256 valence electrons. The summed E-state index contributed by atoms with van der Waals surface area (Å²) >= 11 is 14.1. The maximum absolute atomic E-state index is 15.7. The molecule has 0 unspecified atom stereocenters. The van der Waals surface area contributed by atoms with Crippen LogP contribution in [0.1, 0.15) is 56.1 Å². The number of ether oxygens (including phenoxy) is 2. The number of hydrogen-bond acceptors (Lipinski definition) is 6. The van der Waals surface area contributed by atoms with Crippen LogP contribution in [0.3, 0.4) is 0 Å². The molecule has 4 aromatic rings. The highest BCUT2D eigenvalue weighted by Gasteiger charge is 2.23. The Labute approximate surface area is 296 Å². The van der Waals surface area contributed by atoms with E-state index < -0.39 is 5.82 Å². The number of carbonyl (C=O) groups is 2. The van der Waals surface area contributed by atoms with Crippen LogP contribution in [-0.4, -0.2) is 43.5 Å². The van der Waals surface area contributed by atoms with Crippen LogP contribution < -0.4 is 20.1 Å². The topological polar surface area (TPSA) is 89.6 Å². The van der Waals surface area contributed by atoms with E-state index in [9.17, 15) is 9.59 Å². The predicted octanol–water partition coefficient (Wildman–Crippen LogP) is 8.61. The summed E-state index contributed by atoms with van der Waals surface area (Å²) in [5.74, 6) is 1.40. The summed E-state index contributed by atoms with van der Waals surface area (Å²) in [5.41, 5.74) is 5.22. The van der Waals surface area contributed by atoms with Crippen molar-refractivity contribution >= 4 is 34.9 Å². The molecule has 49 heavy (non-hydrogen) atoms. The molecule has 1 amide bonds. The summed E-state index contributed by atoms with van der Waals surface area (Å²) in [6, 6.07) is 18.5. The van der Waals surface area contributed by atoms with E-state index in [-0.39, 0.29) is 11.9 Å².